The Labute approximate surface area is 94.0 Å². The van der Waals surface area contributed by atoms with Crippen LogP contribution in [-0.4, -0.2) is 15.2 Å². The average Bonchev–Trinajstić information content (AvgIpc) is 2.12. The first-order valence-electron chi connectivity index (χ1n) is 4.92. The number of hydrogen-bond acceptors (Lipinski definition) is 1. The summed E-state index contributed by atoms with van der Waals surface area (Å²) in [6, 6.07) is 7.97. The standard InChI is InChI=1S/C12H17NOS/c1-10-6-5-7-11(8-10)9-13-15(14)12(2,3)4/h5-9H,1-4H3. The summed E-state index contributed by atoms with van der Waals surface area (Å²) in [5.74, 6) is 0. The molecule has 1 aromatic rings. The second-order valence-electron chi connectivity index (χ2n) is 4.51. The Hall–Kier alpha value is -0.960. The van der Waals surface area contributed by atoms with Crippen LogP contribution < -0.4 is 0 Å². The van der Waals surface area contributed by atoms with Gasteiger partial charge in [0.05, 0.1) is 4.75 Å². The molecule has 0 spiro atoms. The highest BCUT2D eigenvalue weighted by molar-refractivity contribution is 7.85. The van der Waals surface area contributed by atoms with Crippen molar-refractivity contribution in [2.75, 3.05) is 0 Å². The molecule has 2 nitrogen and oxygen atoms in total. The molecule has 0 saturated carbocycles. The quantitative estimate of drug-likeness (QED) is 0.709. The minimum absolute atomic E-state index is 0.291. The van der Waals surface area contributed by atoms with Gasteiger partial charge in [-0.3, -0.25) is 0 Å². The van der Waals surface area contributed by atoms with Gasteiger partial charge in [0.2, 0.25) is 0 Å². The predicted molar refractivity (Wildman–Crippen MR) is 66.7 cm³/mol. The molecule has 0 aromatic heterocycles. The van der Waals surface area contributed by atoms with Crippen molar-refractivity contribution in [3.05, 3.63) is 35.4 Å². The van der Waals surface area contributed by atoms with Crippen LogP contribution in [0.3, 0.4) is 0 Å². The third-order valence-corrected chi connectivity index (χ3v) is 3.21. The summed E-state index contributed by atoms with van der Waals surface area (Å²) in [6.45, 7) is 7.77. The maximum absolute atomic E-state index is 11.6. The topological polar surface area (TPSA) is 29.4 Å². The average molecular weight is 223 g/mol. The van der Waals surface area contributed by atoms with Crippen LogP contribution in [0.5, 0.6) is 0 Å². The molecule has 0 aliphatic heterocycles. The number of aryl methyl sites for hydroxylation is 1. The molecule has 0 radical (unpaired) electrons. The van der Waals surface area contributed by atoms with E-state index in [1.54, 1.807) is 6.21 Å². The fourth-order valence-electron chi connectivity index (χ4n) is 1.02. The fraction of sp³-hybridized carbons (Fsp3) is 0.417. The van der Waals surface area contributed by atoms with Gasteiger partial charge in [-0.15, -0.1) is 0 Å². The van der Waals surface area contributed by atoms with Gasteiger partial charge in [0, 0.05) is 6.21 Å². The van der Waals surface area contributed by atoms with E-state index in [2.05, 4.69) is 4.40 Å². The highest BCUT2D eigenvalue weighted by Gasteiger charge is 2.17. The Balaban J connectivity index is 2.79. The molecule has 0 bridgehead atoms. The summed E-state index contributed by atoms with van der Waals surface area (Å²) in [5, 5.41) is 0. The minimum Gasteiger partial charge on any atom is -0.234 e. The Morgan fingerprint density at radius 2 is 2.00 bits per heavy atom. The first-order valence-corrected chi connectivity index (χ1v) is 6.03. The molecule has 15 heavy (non-hydrogen) atoms. The summed E-state index contributed by atoms with van der Waals surface area (Å²) in [7, 11) is -1.17. The molecule has 1 atom stereocenters. The summed E-state index contributed by atoms with van der Waals surface area (Å²) in [5.41, 5.74) is 2.17. The van der Waals surface area contributed by atoms with Crippen molar-refractivity contribution in [1.82, 2.24) is 0 Å². The van der Waals surface area contributed by atoms with Crippen LogP contribution in [0.1, 0.15) is 31.9 Å². The summed E-state index contributed by atoms with van der Waals surface area (Å²) in [6.07, 6.45) is 1.67. The van der Waals surface area contributed by atoms with E-state index >= 15 is 0 Å². The van der Waals surface area contributed by atoms with Crippen molar-refractivity contribution in [1.29, 1.82) is 0 Å². The molecule has 0 amide bonds. The van der Waals surface area contributed by atoms with Gasteiger partial charge in [-0.1, -0.05) is 29.8 Å². The first-order chi connectivity index (χ1) is 6.89. The fourth-order valence-corrected chi connectivity index (χ4v) is 1.55. The van der Waals surface area contributed by atoms with E-state index in [0.29, 0.717) is 0 Å². The monoisotopic (exact) mass is 223 g/mol. The van der Waals surface area contributed by atoms with E-state index < -0.39 is 11.0 Å². The van der Waals surface area contributed by atoms with Gasteiger partial charge in [0.15, 0.2) is 0 Å². The van der Waals surface area contributed by atoms with Crippen LogP contribution in [0.25, 0.3) is 0 Å². The summed E-state index contributed by atoms with van der Waals surface area (Å²) >= 11 is 0. The third-order valence-electron chi connectivity index (χ3n) is 1.86. The van der Waals surface area contributed by atoms with Crippen LogP contribution in [0.2, 0.25) is 0 Å². The third kappa shape index (κ3) is 3.96. The van der Waals surface area contributed by atoms with Gasteiger partial charge in [-0.25, -0.2) is 4.21 Å². The molecular formula is C12H17NOS. The van der Waals surface area contributed by atoms with E-state index in [4.69, 9.17) is 0 Å². The Kier molecular flexibility index (Phi) is 3.80. The number of hydrogen-bond donors (Lipinski definition) is 0. The summed E-state index contributed by atoms with van der Waals surface area (Å²) in [4.78, 5) is 0. The van der Waals surface area contributed by atoms with Crippen LogP contribution in [-0.2, 0) is 11.0 Å². The first kappa shape index (κ1) is 12.1. The van der Waals surface area contributed by atoms with Gasteiger partial charge in [0.25, 0.3) is 0 Å². The number of rotatable bonds is 2. The zero-order valence-electron chi connectivity index (χ0n) is 9.65. The molecular weight excluding hydrogens is 206 g/mol. The van der Waals surface area contributed by atoms with Crippen molar-refractivity contribution in [2.24, 2.45) is 4.40 Å². The Morgan fingerprint density at radius 1 is 1.33 bits per heavy atom. The zero-order chi connectivity index (χ0) is 11.5. The minimum atomic E-state index is -1.17. The van der Waals surface area contributed by atoms with Gasteiger partial charge >= 0.3 is 0 Å². The van der Waals surface area contributed by atoms with Crippen LogP contribution in [0.4, 0.5) is 0 Å². The number of nitrogens with zero attached hydrogens (tertiary/aromatic N) is 1. The molecule has 0 aliphatic rings. The van der Waals surface area contributed by atoms with Crippen molar-refractivity contribution in [3.63, 3.8) is 0 Å². The Bertz CT molecular complexity index is 391. The molecule has 0 aliphatic carbocycles. The van der Waals surface area contributed by atoms with Gasteiger partial charge in [-0.05, 0) is 33.3 Å². The predicted octanol–water partition coefficient (Wildman–Crippen LogP) is 2.88. The van der Waals surface area contributed by atoms with Crippen molar-refractivity contribution >= 4 is 17.2 Å². The molecule has 1 unspecified atom stereocenters. The largest absolute Gasteiger partial charge is 0.234 e. The smallest absolute Gasteiger partial charge is 0.144 e. The normalized spacial score (nSPS) is 14.4. The highest BCUT2D eigenvalue weighted by atomic mass is 32.2. The molecule has 1 aromatic carbocycles. The van der Waals surface area contributed by atoms with Crippen LogP contribution >= 0.6 is 0 Å². The lowest BCUT2D eigenvalue weighted by Crippen LogP contribution is -2.19. The van der Waals surface area contributed by atoms with E-state index in [1.807, 2.05) is 52.0 Å². The lowest BCUT2D eigenvalue weighted by atomic mass is 10.2. The summed E-state index contributed by atoms with van der Waals surface area (Å²) < 4.78 is 15.4. The second kappa shape index (κ2) is 4.71. The lowest BCUT2D eigenvalue weighted by Gasteiger charge is -2.12. The van der Waals surface area contributed by atoms with Crippen molar-refractivity contribution < 1.29 is 4.21 Å². The maximum atomic E-state index is 11.6. The van der Waals surface area contributed by atoms with E-state index in [-0.39, 0.29) is 4.75 Å². The zero-order valence-corrected chi connectivity index (χ0v) is 10.5. The van der Waals surface area contributed by atoms with Gasteiger partial charge in [0.1, 0.15) is 11.0 Å². The molecule has 82 valence electrons. The second-order valence-corrected chi connectivity index (χ2v) is 6.44. The Morgan fingerprint density at radius 3 is 2.53 bits per heavy atom. The molecule has 0 heterocycles. The molecule has 1 rings (SSSR count). The molecule has 0 saturated heterocycles. The van der Waals surface area contributed by atoms with Crippen molar-refractivity contribution in [2.45, 2.75) is 32.4 Å². The SMILES string of the molecule is Cc1cccc(C=NS(=O)C(C)(C)C)c1. The molecule has 3 heteroatoms. The van der Waals surface area contributed by atoms with E-state index in [0.717, 1.165) is 5.56 Å². The van der Waals surface area contributed by atoms with Gasteiger partial charge in [-0.2, -0.15) is 4.40 Å². The van der Waals surface area contributed by atoms with Crippen LogP contribution in [0.15, 0.2) is 28.7 Å². The molecule has 0 N–H and O–H groups in total. The van der Waals surface area contributed by atoms with Gasteiger partial charge < -0.3 is 0 Å². The van der Waals surface area contributed by atoms with E-state index in [9.17, 15) is 4.21 Å². The van der Waals surface area contributed by atoms with Crippen molar-refractivity contribution in [3.8, 4) is 0 Å². The van der Waals surface area contributed by atoms with Crippen LogP contribution in [0, 0.1) is 6.92 Å². The number of benzene rings is 1. The highest BCUT2D eigenvalue weighted by Crippen LogP contribution is 2.12. The van der Waals surface area contributed by atoms with E-state index in [1.165, 1.54) is 5.56 Å². The lowest BCUT2D eigenvalue weighted by molar-refractivity contribution is 0.651. The molecule has 0 fully saturated rings. The maximum Gasteiger partial charge on any atom is 0.144 e.